The zero-order valence-corrected chi connectivity index (χ0v) is 12.0. The molecule has 0 aromatic heterocycles. The predicted octanol–water partition coefficient (Wildman–Crippen LogP) is 2.51. The molecule has 0 heterocycles. The predicted molar refractivity (Wildman–Crippen MR) is 78.2 cm³/mol. The van der Waals surface area contributed by atoms with Crippen LogP contribution in [0, 0.1) is 5.41 Å². The van der Waals surface area contributed by atoms with Crippen LogP contribution in [0.15, 0.2) is 24.3 Å². The number of nitrogens with two attached hydrogens (primary N) is 1. The fraction of sp³-hybridized carbons (Fsp3) is 0.533. The number of phenols is 1. The average Bonchev–Trinajstić information content (AvgIpc) is 2.36. The lowest BCUT2D eigenvalue weighted by molar-refractivity contribution is -0.118. The van der Waals surface area contributed by atoms with E-state index in [-0.39, 0.29) is 17.1 Å². The van der Waals surface area contributed by atoms with Gasteiger partial charge in [0.1, 0.15) is 5.75 Å². The smallest absolute Gasteiger partial charge is 0.226 e. The van der Waals surface area contributed by atoms with Crippen LogP contribution in [0.4, 0.5) is 5.69 Å². The summed E-state index contributed by atoms with van der Waals surface area (Å²) in [6.07, 6.45) is 2.25. The molecule has 0 aliphatic heterocycles. The molecule has 0 radical (unpaired) electrons. The lowest BCUT2D eigenvalue weighted by Gasteiger charge is -2.25. The first-order valence-corrected chi connectivity index (χ1v) is 6.61. The summed E-state index contributed by atoms with van der Waals surface area (Å²) in [6.45, 7) is 4.91. The molecule has 0 fully saturated rings. The zero-order valence-electron chi connectivity index (χ0n) is 12.0. The molecule has 0 spiro atoms. The van der Waals surface area contributed by atoms with E-state index in [0.717, 1.165) is 18.5 Å². The van der Waals surface area contributed by atoms with Crippen molar-refractivity contribution in [1.82, 2.24) is 0 Å². The number of phenolic OH excluding ortho intramolecular Hbond substituents is 1. The van der Waals surface area contributed by atoms with Gasteiger partial charge in [0.15, 0.2) is 0 Å². The number of carbonyl (C=O) groups is 1. The van der Waals surface area contributed by atoms with Crippen molar-refractivity contribution in [3.05, 3.63) is 24.3 Å². The number of amides is 1. The van der Waals surface area contributed by atoms with Crippen LogP contribution in [0.5, 0.6) is 5.75 Å². The maximum Gasteiger partial charge on any atom is 0.226 e. The van der Waals surface area contributed by atoms with Gasteiger partial charge >= 0.3 is 0 Å². The van der Waals surface area contributed by atoms with E-state index in [9.17, 15) is 9.90 Å². The average molecular weight is 264 g/mol. The van der Waals surface area contributed by atoms with Gasteiger partial charge in [-0.1, -0.05) is 13.8 Å². The van der Waals surface area contributed by atoms with Crippen LogP contribution in [0.1, 0.15) is 33.1 Å². The number of anilines is 1. The van der Waals surface area contributed by atoms with Gasteiger partial charge in [-0.05, 0) is 49.1 Å². The minimum absolute atomic E-state index is 0.0794. The summed E-state index contributed by atoms with van der Waals surface area (Å²) < 4.78 is 0. The molecule has 4 heteroatoms. The van der Waals surface area contributed by atoms with E-state index in [1.54, 1.807) is 36.2 Å². The largest absolute Gasteiger partial charge is 0.508 e. The van der Waals surface area contributed by atoms with E-state index in [1.807, 2.05) is 0 Å². The summed E-state index contributed by atoms with van der Waals surface area (Å²) in [5.74, 6) is 0.282. The van der Waals surface area contributed by atoms with Gasteiger partial charge in [0.25, 0.3) is 0 Å². The number of carbonyl (C=O) groups excluding carboxylic acids is 1. The van der Waals surface area contributed by atoms with E-state index < -0.39 is 0 Å². The minimum atomic E-state index is 0.0794. The molecule has 3 N–H and O–H groups in total. The van der Waals surface area contributed by atoms with Gasteiger partial charge < -0.3 is 15.7 Å². The minimum Gasteiger partial charge on any atom is -0.508 e. The van der Waals surface area contributed by atoms with Crippen molar-refractivity contribution >= 4 is 11.6 Å². The standard InChI is InChI=1S/C15H24N2O2/c1-15(2,10-11-16)9-8-14(19)17(3)12-4-6-13(18)7-5-12/h4-7,18H,8-11,16H2,1-3H3. The molecule has 1 aromatic carbocycles. The van der Waals surface area contributed by atoms with E-state index >= 15 is 0 Å². The Morgan fingerprint density at radius 1 is 1.26 bits per heavy atom. The second-order valence-corrected chi connectivity index (χ2v) is 5.67. The van der Waals surface area contributed by atoms with E-state index in [2.05, 4.69) is 13.8 Å². The summed E-state index contributed by atoms with van der Waals surface area (Å²) in [4.78, 5) is 13.7. The van der Waals surface area contributed by atoms with Crippen LogP contribution in [-0.4, -0.2) is 24.6 Å². The van der Waals surface area contributed by atoms with Gasteiger partial charge in [0.2, 0.25) is 5.91 Å². The molecule has 0 saturated carbocycles. The van der Waals surface area contributed by atoms with E-state index in [1.165, 1.54) is 0 Å². The van der Waals surface area contributed by atoms with Gasteiger partial charge in [-0.2, -0.15) is 0 Å². The summed E-state index contributed by atoms with van der Waals surface area (Å²) in [7, 11) is 1.75. The third-order valence-corrected chi connectivity index (χ3v) is 3.45. The van der Waals surface area contributed by atoms with Crippen molar-refractivity contribution in [2.45, 2.75) is 33.1 Å². The third kappa shape index (κ3) is 4.91. The maximum absolute atomic E-state index is 12.1. The second-order valence-electron chi connectivity index (χ2n) is 5.67. The van der Waals surface area contributed by atoms with Crippen LogP contribution >= 0.6 is 0 Å². The van der Waals surface area contributed by atoms with Crippen molar-refractivity contribution in [3.8, 4) is 5.75 Å². The van der Waals surface area contributed by atoms with Crippen LogP contribution in [0.25, 0.3) is 0 Å². The Morgan fingerprint density at radius 2 is 1.84 bits per heavy atom. The molecule has 0 saturated heterocycles. The van der Waals surface area contributed by atoms with Gasteiger partial charge in [-0.25, -0.2) is 0 Å². The molecule has 0 unspecified atom stereocenters. The molecule has 0 bridgehead atoms. The monoisotopic (exact) mass is 264 g/mol. The maximum atomic E-state index is 12.1. The first kappa shape index (κ1) is 15.5. The van der Waals surface area contributed by atoms with Crippen molar-refractivity contribution < 1.29 is 9.90 Å². The Bertz CT molecular complexity index is 413. The molecule has 1 aromatic rings. The molecule has 106 valence electrons. The molecule has 1 rings (SSSR count). The zero-order chi connectivity index (χ0) is 14.5. The summed E-state index contributed by atoms with van der Waals surface area (Å²) in [5, 5.41) is 9.23. The highest BCUT2D eigenvalue weighted by Crippen LogP contribution is 2.27. The SMILES string of the molecule is CN(C(=O)CCC(C)(C)CCN)c1ccc(O)cc1. The van der Waals surface area contributed by atoms with E-state index in [4.69, 9.17) is 5.73 Å². The van der Waals surface area contributed by atoms with Crippen LogP contribution in [0.3, 0.4) is 0 Å². The van der Waals surface area contributed by atoms with Gasteiger partial charge in [-0.15, -0.1) is 0 Å². The molecule has 0 aliphatic rings. The molecule has 0 atom stereocenters. The van der Waals surface area contributed by atoms with Gasteiger partial charge in [0.05, 0.1) is 0 Å². The van der Waals surface area contributed by atoms with Crippen LogP contribution in [-0.2, 0) is 4.79 Å². The molecule has 19 heavy (non-hydrogen) atoms. The normalized spacial score (nSPS) is 11.4. The fourth-order valence-corrected chi connectivity index (χ4v) is 1.95. The Kier molecular flexibility index (Phi) is 5.36. The highest BCUT2D eigenvalue weighted by Gasteiger charge is 2.20. The number of aromatic hydroxyl groups is 1. The lowest BCUT2D eigenvalue weighted by Crippen LogP contribution is -2.28. The van der Waals surface area contributed by atoms with Crippen LogP contribution < -0.4 is 10.6 Å². The number of nitrogens with zero attached hydrogens (tertiary/aromatic N) is 1. The van der Waals surface area contributed by atoms with Gasteiger partial charge in [0, 0.05) is 19.2 Å². The Balaban J connectivity index is 2.56. The Hall–Kier alpha value is -1.55. The highest BCUT2D eigenvalue weighted by atomic mass is 16.3. The Morgan fingerprint density at radius 3 is 2.37 bits per heavy atom. The van der Waals surface area contributed by atoms with Crippen molar-refractivity contribution in [2.24, 2.45) is 11.1 Å². The highest BCUT2D eigenvalue weighted by molar-refractivity contribution is 5.92. The summed E-state index contributed by atoms with van der Waals surface area (Å²) in [5.41, 5.74) is 6.46. The quantitative estimate of drug-likeness (QED) is 0.829. The first-order valence-electron chi connectivity index (χ1n) is 6.61. The number of benzene rings is 1. The molecule has 4 nitrogen and oxygen atoms in total. The molecular weight excluding hydrogens is 240 g/mol. The summed E-state index contributed by atoms with van der Waals surface area (Å²) in [6, 6.07) is 6.63. The third-order valence-electron chi connectivity index (χ3n) is 3.45. The fourth-order valence-electron chi connectivity index (χ4n) is 1.95. The molecule has 0 aliphatic carbocycles. The van der Waals surface area contributed by atoms with Crippen molar-refractivity contribution in [1.29, 1.82) is 0 Å². The Labute approximate surface area is 115 Å². The number of rotatable bonds is 6. The molecule has 1 amide bonds. The van der Waals surface area contributed by atoms with Crippen molar-refractivity contribution in [2.75, 3.05) is 18.5 Å². The topological polar surface area (TPSA) is 66.6 Å². The van der Waals surface area contributed by atoms with Crippen molar-refractivity contribution in [3.63, 3.8) is 0 Å². The van der Waals surface area contributed by atoms with Gasteiger partial charge in [-0.3, -0.25) is 4.79 Å². The van der Waals surface area contributed by atoms with Crippen LogP contribution in [0.2, 0.25) is 0 Å². The lowest BCUT2D eigenvalue weighted by atomic mass is 9.84. The molecular formula is C15H24N2O2. The van der Waals surface area contributed by atoms with E-state index in [0.29, 0.717) is 13.0 Å². The first-order chi connectivity index (χ1) is 8.85. The summed E-state index contributed by atoms with van der Waals surface area (Å²) >= 11 is 0. The second kappa shape index (κ2) is 6.57. The number of hydrogen-bond donors (Lipinski definition) is 2. The number of hydrogen-bond acceptors (Lipinski definition) is 3.